The number of benzene rings is 2. The number of amides is 1. The van der Waals surface area contributed by atoms with Crippen LogP contribution in [-0.4, -0.2) is 25.3 Å². The summed E-state index contributed by atoms with van der Waals surface area (Å²) in [4.78, 5) is 11.8. The van der Waals surface area contributed by atoms with Gasteiger partial charge in [-0.3, -0.25) is 4.79 Å². The molecule has 0 saturated heterocycles. The molecule has 0 spiro atoms. The maximum absolute atomic E-state index is 12.8. The minimum Gasteiger partial charge on any atom is -0.489 e. The minimum atomic E-state index is -0.339. The first kappa shape index (κ1) is 17.2. The molecule has 1 aliphatic heterocycles. The van der Waals surface area contributed by atoms with E-state index in [1.54, 1.807) is 24.3 Å². The lowest BCUT2D eigenvalue weighted by atomic mass is 10.1. The number of nitrogens with zero attached hydrogens (tertiary/aromatic N) is 1. The predicted octanol–water partition coefficient (Wildman–Crippen LogP) is 3.33. The average molecular weight is 363 g/mol. The highest BCUT2D eigenvalue weighted by atomic mass is 35.5. The normalized spacial score (nSPS) is 13.5. The summed E-state index contributed by atoms with van der Waals surface area (Å²) in [6.07, 6.45) is 2.37. The number of hydrogen-bond donors (Lipinski definition) is 1. The van der Waals surface area contributed by atoms with Gasteiger partial charge in [-0.1, -0.05) is 23.7 Å². The number of carbonyl (C=O) groups is 1. The van der Waals surface area contributed by atoms with Gasteiger partial charge in [0, 0.05) is 6.42 Å². The van der Waals surface area contributed by atoms with Gasteiger partial charge in [-0.25, -0.2) is 9.82 Å². The zero-order valence-electron chi connectivity index (χ0n) is 13.3. The van der Waals surface area contributed by atoms with Crippen molar-refractivity contribution in [1.82, 2.24) is 5.43 Å². The molecule has 5 nitrogen and oxygen atoms in total. The molecule has 0 atom stereocenters. The van der Waals surface area contributed by atoms with E-state index in [2.05, 4.69) is 10.5 Å². The lowest BCUT2D eigenvalue weighted by Crippen LogP contribution is -2.19. The molecule has 1 N–H and O–H groups in total. The molecule has 2 aromatic rings. The summed E-state index contributed by atoms with van der Waals surface area (Å²) in [5.74, 6) is 0.442. The van der Waals surface area contributed by atoms with E-state index in [1.807, 2.05) is 0 Å². The van der Waals surface area contributed by atoms with E-state index < -0.39 is 0 Å². The fraction of sp³-hybridized carbons (Fsp3) is 0.222. The van der Waals surface area contributed by atoms with Gasteiger partial charge in [0.05, 0.1) is 30.9 Å². The zero-order chi connectivity index (χ0) is 17.6. The van der Waals surface area contributed by atoms with E-state index in [4.69, 9.17) is 21.1 Å². The molecule has 0 aromatic heterocycles. The molecular formula is C18H16ClFN2O3. The molecule has 25 heavy (non-hydrogen) atoms. The van der Waals surface area contributed by atoms with Gasteiger partial charge in [0.2, 0.25) is 5.91 Å². The topological polar surface area (TPSA) is 59.9 Å². The fourth-order valence-corrected chi connectivity index (χ4v) is 2.60. The van der Waals surface area contributed by atoms with Crippen LogP contribution >= 0.6 is 11.6 Å². The van der Waals surface area contributed by atoms with Gasteiger partial charge in [-0.15, -0.1) is 0 Å². The summed E-state index contributed by atoms with van der Waals surface area (Å²) in [7, 11) is 0. The van der Waals surface area contributed by atoms with Crippen molar-refractivity contribution in [1.29, 1.82) is 0 Å². The highest BCUT2D eigenvalue weighted by Gasteiger charge is 2.15. The molecule has 0 aliphatic carbocycles. The maximum Gasteiger partial charge on any atom is 0.244 e. The van der Waals surface area contributed by atoms with Gasteiger partial charge in [0.15, 0.2) is 11.5 Å². The Morgan fingerprint density at radius 2 is 2.00 bits per heavy atom. The van der Waals surface area contributed by atoms with Gasteiger partial charge in [-0.05, 0) is 35.4 Å². The van der Waals surface area contributed by atoms with Crippen LogP contribution in [0, 0.1) is 5.82 Å². The quantitative estimate of drug-likeness (QED) is 0.670. The van der Waals surface area contributed by atoms with Crippen molar-refractivity contribution in [2.75, 3.05) is 13.2 Å². The molecule has 0 saturated carbocycles. The van der Waals surface area contributed by atoms with Crippen molar-refractivity contribution in [3.05, 3.63) is 58.4 Å². The Labute approximate surface area is 149 Å². The fourth-order valence-electron chi connectivity index (χ4n) is 2.33. The van der Waals surface area contributed by atoms with Crippen molar-refractivity contribution in [2.24, 2.45) is 5.10 Å². The van der Waals surface area contributed by atoms with E-state index >= 15 is 0 Å². The van der Waals surface area contributed by atoms with E-state index in [-0.39, 0.29) is 18.1 Å². The summed E-state index contributed by atoms with van der Waals surface area (Å²) in [5, 5.41) is 4.34. The lowest BCUT2D eigenvalue weighted by molar-refractivity contribution is -0.120. The number of fused-ring (bicyclic) bond motifs is 1. The van der Waals surface area contributed by atoms with Crippen LogP contribution in [0.25, 0.3) is 0 Å². The molecule has 0 unspecified atom stereocenters. The highest BCUT2D eigenvalue weighted by molar-refractivity contribution is 6.32. The van der Waals surface area contributed by atoms with Crippen LogP contribution in [0.3, 0.4) is 0 Å². The second kappa shape index (κ2) is 7.98. The summed E-state index contributed by atoms with van der Waals surface area (Å²) in [6, 6.07) is 9.18. The number of carbonyl (C=O) groups excluding carboxylic acids is 1. The number of hydrazone groups is 1. The number of halogens is 2. The van der Waals surface area contributed by atoms with Crippen molar-refractivity contribution < 1.29 is 18.7 Å². The number of hydrogen-bond acceptors (Lipinski definition) is 4. The SMILES string of the molecule is O=C(Cc1ccc(F)cc1)N/N=C\c1cc(Cl)c2c(c1)OCCCO2. The van der Waals surface area contributed by atoms with Crippen LogP contribution < -0.4 is 14.9 Å². The third-order valence-electron chi connectivity index (χ3n) is 3.51. The molecule has 0 fully saturated rings. The monoisotopic (exact) mass is 362 g/mol. The maximum atomic E-state index is 12.8. The second-order valence-electron chi connectivity index (χ2n) is 5.48. The van der Waals surface area contributed by atoms with Gasteiger partial charge in [-0.2, -0.15) is 5.10 Å². The largest absolute Gasteiger partial charge is 0.489 e. The molecular weight excluding hydrogens is 347 g/mol. The Kier molecular flexibility index (Phi) is 5.50. The van der Waals surface area contributed by atoms with Crippen molar-refractivity contribution in [3.63, 3.8) is 0 Å². The molecule has 1 aliphatic rings. The third kappa shape index (κ3) is 4.70. The van der Waals surface area contributed by atoms with Crippen LogP contribution in [-0.2, 0) is 11.2 Å². The molecule has 130 valence electrons. The predicted molar refractivity (Wildman–Crippen MR) is 92.9 cm³/mol. The first-order valence-electron chi connectivity index (χ1n) is 7.77. The summed E-state index contributed by atoms with van der Waals surface area (Å²) >= 11 is 6.20. The summed E-state index contributed by atoms with van der Waals surface area (Å²) in [5.41, 5.74) is 3.81. The number of ether oxygens (including phenoxy) is 2. The molecule has 1 heterocycles. The standard InChI is InChI=1S/C18H16ClFN2O3/c19-15-8-13(9-16-18(15)25-7-1-6-24-16)11-21-22-17(23)10-12-2-4-14(20)5-3-12/h2-5,8-9,11H,1,6-7,10H2,(H,22,23)/b21-11-. The zero-order valence-corrected chi connectivity index (χ0v) is 14.1. The van der Waals surface area contributed by atoms with Crippen molar-refractivity contribution in [2.45, 2.75) is 12.8 Å². The Hall–Kier alpha value is -2.60. The minimum absolute atomic E-state index is 0.111. The van der Waals surface area contributed by atoms with E-state index in [1.165, 1.54) is 18.3 Å². The van der Waals surface area contributed by atoms with Crippen LogP contribution in [0.5, 0.6) is 11.5 Å². The number of rotatable bonds is 4. The lowest BCUT2D eigenvalue weighted by Gasteiger charge is -2.09. The van der Waals surface area contributed by atoms with Gasteiger partial charge in [0.1, 0.15) is 5.82 Å². The Balaban J connectivity index is 1.62. The van der Waals surface area contributed by atoms with Crippen molar-refractivity contribution in [3.8, 4) is 11.5 Å². The molecule has 1 amide bonds. The highest BCUT2D eigenvalue weighted by Crippen LogP contribution is 2.37. The van der Waals surface area contributed by atoms with Gasteiger partial charge >= 0.3 is 0 Å². The molecule has 0 radical (unpaired) electrons. The first-order chi connectivity index (χ1) is 12.1. The number of nitrogens with one attached hydrogen (secondary N) is 1. The molecule has 3 rings (SSSR count). The van der Waals surface area contributed by atoms with Crippen LogP contribution in [0.2, 0.25) is 5.02 Å². The summed E-state index contributed by atoms with van der Waals surface area (Å²) < 4.78 is 24.0. The van der Waals surface area contributed by atoms with E-state index in [0.29, 0.717) is 40.9 Å². The van der Waals surface area contributed by atoms with Gasteiger partial charge in [0.25, 0.3) is 0 Å². The van der Waals surface area contributed by atoms with Crippen LogP contribution in [0.15, 0.2) is 41.5 Å². The van der Waals surface area contributed by atoms with Crippen LogP contribution in [0.1, 0.15) is 17.5 Å². The second-order valence-corrected chi connectivity index (χ2v) is 5.88. The summed E-state index contributed by atoms with van der Waals surface area (Å²) in [6.45, 7) is 1.11. The Morgan fingerprint density at radius 3 is 2.80 bits per heavy atom. The molecule has 0 bridgehead atoms. The van der Waals surface area contributed by atoms with E-state index in [0.717, 1.165) is 6.42 Å². The van der Waals surface area contributed by atoms with E-state index in [9.17, 15) is 9.18 Å². The Morgan fingerprint density at radius 1 is 1.24 bits per heavy atom. The molecule has 7 heteroatoms. The first-order valence-corrected chi connectivity index (χ1v) is 8.15. The average Bonchev–Trinajstić information content (AvgIpc) is 2.83. The Bertz CT molecular complexity index is 794. The smallest absolute Gasteiger partial charge is 0.244 e. The molecule has 2 aromatic carbocycles. The van der Waals surface area contributed by atoms with Crippen molar-refractivity contribution >= 4 is 23.7 Å². The van der Waals surface area contributed by atoms with Crippen LogP contribution in [0.4, 0.5) is 4.39 Å². The third-order valence-corrected chi connectivity index (χ3v) is 3.79. The van der Waals surface area contributed by atoms with Gasteiger partial charge < -0.3 is 9.47 Å².